The van der Waals surface area contributed by atoms with Crippen molar-refractivity contribution in [2.75, 3.05) is 0 Å². The van der Waals surface area contributed by atoms with Gasteiger partial charge < -0.3 is 31.3 Å². The molecular formula is C44H84N2Na2O12S2. The predicted octanol–water partition coefficient (Wildman–Crippen LogP) is 1.79. The summed E-state index contributed by atoms with van der Waals surface area (Å²) in [4.78, 5) is 44.9. The first-order chi connectivity index (χ1) is 28.3. The van der Waals surface area contributed by atoms with Gasteiger partial charge in [0.05, 0.1) is 0 Å². The summed E-state index contributed by atoms with van der Waals surface area (Å²) < 4.78 is 60.1. The molecule has 0 rings (SSSR count). The molecule has 356 valence electrons. The minimum atomic E-state index is -4.94. The van der Waals surface area contributed by atoms with Crippen LogP contribution >= 0.6 is 0 Å². The Kier molecular flexibility index (Phi) is 46.3. The van der Waals surface area contributed by atoms with Crippen molar-refractivity contribution in [3.63, 3.8) is 0 Å². The average molecular weight is 943 g/mol. The van der Waals surface area contributed by atoms with Crippen LogP contribution in [0.25, 0.3) is 0 Å². The summed E-state index contributed by atoms with van der Waals surface area (Å²) in [7, 11) is -9.87. The zero-order valence-corrected chi connectivity index (χ0v) is 45.0. The minimum Gasteiger partial charge on any atom is -0.550 e. The van der Waals surface area contributed by atoms with E-state index in [2.05, 4.69) is 13.8 Å². The standard InChI is InChI=1S/2C22H43NO6S.2Na/c2*1-2-3-4-5-6-7-8-9-10-11-12-13-14-15-16-17-18-22(21(23)26,19-20(24)25)30(27,28)29;;/h2*2-19H2,1H3,(H2,23,26)(H,24,25)(H,27,28,29);;/q;;2*+1/p-2. The maximum atomic E-state index is 11.6. The molecule has 0 aromatic rings. The first-order valence-electron chi connectivity index (χ1n) is 23.3. The van der Waals surface area contributed by atoms with Crippen LogP contribution in [-0.4, -0.2) is 59.2 Å². The van der Waals surface area contributed by atoms with Crippen molar-refractivity contribution in [3.8, 4) is 0 Å². The van der Waals surface area contributed by atoms with E-state index in [9.17, 15) is 55.3 Å². The van der Waals surface area contributed by atoms with E-state index < -0.39 is 66.3 Å². The Labute approximate surface area is 420 Å². The zero-order valence-electron chi connectivity index (χ0n) is 39.4. The van der Waals surface area contributed by atoms with E-state index in [0.717, 1.165) is 38.5 Å². The fourth-order valence-electron chi connectivity index (χ4n) is 7.68. The van der Waals surface area contributed by atoms with Crippen molar-refractivity contribution < 1.29 is 114 Å². The maximum Gasteiger partial charge on any atom is 1.00 e. The Morgan fingerprint density at radius 1 is 0.387 bits per heavy atom. The van der Waals surface area contributed by atoms with Crippen LogP contribution in [-0.2, 0) is 39.4 Å². The molecule has 0 bridgehead atoms. The SMILES string of the molecule is CCCCCCCCCCCCCCCCCCC(CC(=O)[O-])(C(N)=O)S(=O)(=O)O.CCCCCCCCCCCCCCCCCCC(CC(=O)[O-])(C(N)=O)S(=O)(=O)O.[Na+].[Na+]. The monoisotopic (exact) mass is 943 g/mol. The maximum absolute atomic E-state index is 11.6. The van der Waals surface area contributed by atoms with Crippen molar-refractivity contribution in [2.45, 2.75) is 254 Å². The molecule has 14 nitrogen and oxygen atoms in total. The molecule has 0 aliphatic heterocycles. The van der Waals surface area contributed by atoms with Crippen LogP contribution in [0.1, 0.15) is 245 Å². The number of aliphatic carboxylic acids is 2. The number of nitrogens with two attached hydrogens (primary N) is 2. The van der Waals surface area contributed by atoms with Gasteiger partial charge in [-0.3, -0.25) is 18.7 Å². The van der Waals surface area contributed by atoms with Gasteiger partial charge in [-0.05, 0) is 12.8 Å². The normalized spacial score (nSPS) is 13.4. The molecule has 0 aromatic carbocycles. The molecule has 0 fully saturated rings. The van der Waals surface area contributed by atoms with Crippen molar-refractivity contribution in [3.05, 3.63) is 0 Å². The molecule has 0 spiro atoms. The summed E-state index contributed by atoms with van der Waals surface area (Å²) in [6.45, 7) is 4.47. The number of carboxylic acids is 2. The van der Waals surface area contributed by atoms with Crippen LogP contribution in [0.4, 0.5) is 0 Å². The number of hydrogen-bond donors (Lipinski definition) is 4. The first kappa shape index (κ1) is 68.3. The third kappa shape index (κ3) is 34.1. The number of hydrogen-bond acceptors (Lipinski definition) is 10. The van der Waals surface area contributed by atoms with Crippen molar-refractivity contribution >= 4 is 44.0 Å². The molecule has 0 aliphatic carbocycles. The molecule has 0 aromatic heterocycles. The number of carbonyl (C=O) groups excluding carboxylic acids is 4. The van der Waals surface area contributed by atoms with Gasteiger partial charge in [-0.2, -0.15) is 16.8 Å². The minimum absolute atomic E-state index is 0. The molecule has 0 saturated carbocycles. The Hall–Kier alpha value is -0.300. The van der Waals surface area contributed by atoms with Crippen LogP contribution in [0.5, 0.6) is 0 Å². The van der Waals surface area contributed by atoms with E-state index in [1.807, 2.05) is 0 Å². The number of rotatable bonds is 42. The molecule has 0 saturated heterocycles. The third-order valence-corrected chi connectivity index (χ3v) is 14.7. The summed E-state index contributed by atoms with van der Waals surface area (Å²) in [5.74, 6) is -6.17. The molecule has 18 heteroatoms. The van der Waals surface area contributed by atoms with Gasteiger partial charge >= 0.3 is 59.1 Å². The van der Waals surface area contributed by atoms with E-state index in [-0.39, 0.29) is 72.0 Å². The molecule has 6 N–H and O–H groups in total. The topological polar surface area (TPSA) is 275 Å². The number of amides is 2. The Bertz CT molecular complexity index is 1270. The first-order valence-corrected chi connectivity index (χ1v) is 26.2. The third-order valence-electron chi connectivity index (χ3n) is 11.6. The largest absolute Gasteiger partial charge is 1.00 e. The molecule has 2 amide bonds. The Morgan fingerprint density at radius 3 is 0.677 bits per heavy atom. The average Bonchev–Trinajstić information content (AvgIpc) is 3.15. The molecular weight excluding hydrogens is 859 g/mol. The number of carboxylic acid groups (broad SMARTS) is 2. The summed E-state index contributed by atoms with van der Waals surface area (Å²) >= 11 is 0. The number of unbranched alkanes of at least 4 members (excludes halogenated alkanes) is 30. The van der Waals surface area contributed by atoms with Crippen molar-refractivity contribution in [1.29, 1.82) is 0 Å². The van der Waals surface area contributed by atoms with Gasteiger partial charge in [0, 0.05) is 24.8 Å². The van der Waals surface area contributed by atoms with Crippen molar-refractivity contribution in [1.82, 2.24) is 0 Å². The van der Waals surface area contributed by atoms with Crippen LogP contribution < -0.4 is 80.8 Å². The van der Waals surface area contributed by atoms with Gasteiger partial charge in [-0.25, -0.2) is 0 Å². The van der Waals surface area contributed by atoms with Gasteiger partial charge in [-0.1, -0.05) is 219 Å². The summed E-state index contributed by atoms with van der Waals surface area (Å²) in [6, 6.07) is 0. The summed E-state index contributed by atoms with van der Waals surface area (Å²) in [5.41, 5.74) is 10.2. The van der Waals surface area contributed by atoms with Gasteiger partial charge in [0.2, 0.25) is 11.8 Å². The van der Waals surface area contributed by atoms with Crippen LogP contribution in [0, 0.1) is 0 Å². The van der Waals surface area contributed by atoms with Crippen LogP contribution in [0.3, 0.4) is 0 Å². The van der Waals surface area contributed by atoms with E-state index in [4.69, 9.17) is 11.5 Å². The molecule has 0 radical (unpaired) electrons. The van der Waals surface area contributed by atoms with Crippen molar-refractivity contribution in [2.24, 2.45) is 11.5 Å². The zero-order chi connectivity index (χ0) is 45.8. The van der Waals surface area contributed by atoms with E-state index in [1.165, 1.54) is 141 Å². The Morgan fingerprint density at radius 2 is 0.548 bits per heavy atom. The summed E-state index contributed by atoms with van der Waals surface area (Å²) in [6.07, 6.45) is 33.8. The van der Waals surface area contributed by atoms with Crippen LogP contribution in [0.2, 0.25) is 0 Å². The van der Waals surface area contributed by atoms with E-state index in [0.29, 0.717) is 25.7 Å². The second-order valence-electron chi connectivity index (χ2n) is 16.9. The molecule has 62 heavy (non-hydrogen) atoms. The second-order valence-corrected chi connectivity index (χ2v) is 20.3. The van der Waals surface area contributed by atoms with Gasteiger partial charge in [-0.15, -0.1) is 0 Å². The predicted molar refractivity (Wildman–Crippen MR) is 235 cm³/mol. The molecule has 2 unspecified atom stereocenters. The smallest absolute Gasteiger partial charge is 0.550 e. The fourth-order valence-corrected chi connectivity index (χ4v) is 9.59. The molecule has 0 aliphatic rings. The second kappa shape index (κ2) is 42.1. The molecule has 2 atom stereocenters. The van der Waals surface area contributed by atoms with Gasteiger partial charge in [0.25, 0.3) is 20.2 Å². The number of carbonyl (C=O) groups is 4. The quantitative estimate of drug-likeness (QED) is 0.0388. The Balaban J connectivity index is -0.000000526. The van der Waals surface area contributed by atoms with Gasteiger partial charge in [0.15, 0.2) is 9.49 Å². The van der Waals surface area contributed by atoms with Crippen LogP contribution in [0.15, 0.2) is 0 Å². The van der Waals surface area contributed by atoms with E-state index >= 15 is 0 Å². The van der Waals surface area contributed by atoms with Gasteiger partial charge in [0.1, 0.15) is 0 Å². The summed E-state index contributed by atoms with van der Waals surface area (Å²) in [5, 5.41) is 21.7. The fraction of sp³-hybridized carbons (Fsp3) is 0.909. The number of primary amides is 2. The molecule has 0 heterocycles. The van der Waals surface area contributed by atoms with E-state index in [1.54, 1.807) is 0 Å².